The molecule has 0 saturated heterocycles. The number of hydrogen-bond acceptors (Lipinski definition) is 6. The van der Waals surface area contributed by atoms with Gasteiger partial charge in [0.1, 0.15) is 17.9 Å². The summed E-state index contributed by atoms with van der Waals surface area (Å²) in [6.07, 6.45) is 3.36. The fourth-order valence-electron chi connectivity index (χ4n) is 4.21. The number of aromatic nitrogens is 5. The summed E-state index contributed by atoms with van der Waals surface area (Å²) >= 11 is 0. The Hall–Kier alpha value is -3.62. The van der Waals surface area contributed by atoms with Crippen LogP contribution in [0.3, 0.4) is 0 Å². The van der Waals surface area contributed by atoms with Crippen LogP contribution in [0.2, 0.25) is 0 Å². The van der Waals surface area contributed by atoms with Gasteiger partial charge in [-0.3, -0.25) is 9.08 Å². The monoisotopic (exact) mass is 392 g/mol. The smallest absolute Gasteiger partial charge is 0.171 e. The zero-order valence-corrected chi connectivity index (χ0v) is 15.6. The second-order valence-corrected chi connectivity index (χ2v) is 7.25. The fourth-order valence-corrected chi connectivity index (χ4v) is 4.21. The first kappa shape index (κ1) is 16.3. The van der Waals surface area contributed by atoms with Gasteiger partial charge in [-0.05, 0) is 24.3 Å². The highest BCUT2D eigenvalue weighted by Crippen LogP contribution is 2.41. The highest BCUT2D eigenvalue weighted by molar-refractivity contribution is 5.80. The SMILES string of the molecule is Cn1nccc1-c1cc2c(n3cnnc13)NCc1c(F)ccc3c1[C@@H](CO3)CO2. The van der Waals surface area contributed by atoms with Crippen LogP contribution in [0.4, 0.5) is 10.2 Å². The molecule has 6 rings (SSSR count). The number of anilines is 1. The third-order valence-corrected chi connectivity index (χ3v) is 5.62. The van der Waals surface area contributed by atoms with Gasteiger partial charge in [0, 0.05) is 36.5 Å². The van der Waals surface area contributed by atoms with Crippen molar-refractivity contribution in [1.29, 1.82) is 0 Å². The van der Waals surface area contributed by atoms with Crippen molar-refractivity contribution < 1.29 is 13.9 Å². The molecular formula is C20H17FN6O2. The van der Waals surface area contributed by atoms with Crippen LogP contribution in [-0.4, -0.2) is 37.6 Å². The molecule has 1 N–H and O–H groups in total. The molecule has 0 amide bonds. The van der Waals surface area contributed by atoms with Gasteiger partial charge in [-0.15, -0.1) is 10.2 Å². The molecule has 146 valence electrons. The van der Waals surface area contributed by atoms with E-state index in [1.807, 2.05) is 23.6 Å². The maximum absolute atomic E-state index is 14.6. The molecule has 1 aromatic carbocycles. The second kappa shape index (κ2) is 5.94. The zero-order chi connectivity index (χ0) is 19.5. The summed E-state index contributed by atoms with van der Waals surface area (Å²) in [6, 6.07) is 7.00. The maximum atomic E-state index is 14.6. The minimum absolute atomic E-state index is 0.0276. The first-order valence-corrected chi connectivity index (χ1v) is 9.36. The van der Waals surface area contributed by atoms with Gasteiger partial charge < -0.3 is 14.8 Å². The van der Waals surface area contributed by atoms with E-state index in [0.29, 0.717) is 42.5 Å². The minimum Gasteiger partial charge on any atom is -0.493 e. The van der Waals surface area contributed by atoms with E-state index in [2.05, 4.69) is 20.6 Å². The van der Waals surface area contributed by atoms with Crippen LogP contribution in [0.1, 0.15) is 17.0 Å². The summed E-state index contributed by atoms with van der Waals surface area (Å²) in [7, 11) is 1.87. The van der Waals surface area contributed by atoms with Crippen molar-refractivity contribution in [2.75, 3.05) is 18.5 Å². The normalized spacial score (nSPS) is 17.4. The number of hydrogen-bond donors (Lipinski definition) is 1. The lowest BCUT2D eigenvalue weighted by molar-refractivity contribution is 0.249. The number of rotatable bonds is 1. The molecule has 9 heteroatoms. The molecule has 3 aromatic heterocycles. The highest BCUT2D eigenvalue weighted by atomic mass is 19.1. The number of fused-ring (bicyclic) bond motifs is 3. The molecule has 2 aliphatic heterocycles. The van der Waals surface area contributed by atoms with Gasteiger partial charge in [0.15, 0.2) is 17.2 Å². The molecule has 0 saturated carbocycles. The number of pyridine rings is 1. The van der Waals surface area contributed by atoms with Crippen molar-refractivity contribution in [3.63, 3.8) is 0 Å². The van der Waals surface area contributed by atoms with Crippen LogP contribution in [0.5, 0.6) is 11.5 Å². The van der Waals surface area contributed by atoms with Gasteiger partial charge in [0.2, 0.25) is 0 Å². The van der Waals surface area contributed by atoms with E-state index >= 15 is 0 Å². The molecule has 5 heterocycles. The average molecular weight is 392 g/mol. The largest absolute Gasteiger partial charge is 0.493 e. The molecule has 4 aromatic rings. The van der Waals surface area contributed by atoms with E-state index in [-0.39, 0.29) is 11.7 Å². The van der Waals surface area contributed by atoms with Crippen LogP contribution in [0.25, 0.3) is 16.9 Å². The minimum atomic E-state index is -0.248. The molecule has 0 radical (unpaired) electrons. The van der Waals surface area contributed by atoms with Crippen molar-refractivity contribution in [2.24, 2.45) is 7.05 Å². The molecule has 8 nitrogen and oxygen atoms in total. The Kier molecular flexibility index (Phi) is 3.35. The van der Waals surface area contributed by atoms with Gasteiger partial charge in [0.05, 0.1) is 24.8 Å². The number of halogens is 1. The van der Waals surface area contributed by atoms with Crippen LogP contribution in [-0.2, 0) is 13.6 Å². The molecule has 1 atom stereocenters. The molecule has 29 heavy (non-hydrogen) atoms. The van der Waals surface area contributed by atoms with Crippen LogP contribution >= 0.6 is 0 Å². The second-order valence-electron chi connectivity index (χ2n) is 7.25. The standard InChI is InChI=1S/C20H17FN6O2/c1-26-15(4-5-24-26)12-6-17-20(27-10-23-25-19(12)27)22-7-13-14(21)2-3-16-18(13)11(8-28-16)9-29-17/h2-6,10-11,22H,7-9H2,1H3/t11-/m0/s1. The Labute approximate surface area is 164 Å². The Morgan fingerprint density at radius 2 is 2.03 bits per heavy atom. The summed E-state index contributed by atoms with van der Waals surface area (Å²) in [4.78, 5) is 0. The Morgan fingerprint density at radius 3 is 2.86 bits per heavy atom. The number of nitrogens with zero attached hydrogens (tertiary/aromatic N) is 5. The van der Waals surface area contributed by atoms with E-state index in [4.69, 9.17) is 9.47 Å². The summed E-state index contributed by atoms with van der Waals surface area (Å²) < 4.78 is 30.2. The first-order chi connectivity index (χ1) is 14.2. The molecule has 2 aliphatic rings. The average Bonchev–Trinajstić information content (AvgIpc) is 3.45. The molecule has 0 unspecified atom stereocenters. The lowest BCUT2D eigenvalue weighted by Gasteiger charge is -2.16. The number of benzene rings is 1. The molecule has 0 spiro atoms. The summed E-state index contributed by atoms with van der Waals surface area (Å²) in [5.74, 6) is 1.79. The van der Waals surface area contributed by atoms with Crippen molar-refractivity contribution in [3.8, 4) is 22.8 Å². The van der Waals surface area contributed by atoms with Crippen molar-refractivity contribution in [1.82, 2.24) is 24.4 Å². The third-order valence-electron chi connectivity index (χ3n) is 5.62. The highest BCUT2D eigenvalue weighted by Gasteiger charge is 2.31. The van der Waals surface area contributed by atoms with Crippen molar-refractivity contribution >= 4 is 11.5 Å². The lowest BCUT2D eigenvalue weighted by Crippen LogP contribution is -2.13. The summed E-state index contributed by atoms with van der Waals surface area (Å²) in [5.41, 5.74) is 3.92. The van der Waals surface area contributed by atoms with Crippen molar-refractivity contribution in [3.05, 3.63) is 53.7 Å². The predicted octanol–water partition coefficient (Wildman–Crippen LogP) is 2.75. The molecular weight excluding hydrogens is 375 g/mol. The molecule has 0 aliphatic carbocycles. The van der Waals surface area contributed by atoms with Gasteiger partial charge in [0.25, 0.3) is 0 Å². The van der Waals surface area contributed by atoms with Gasteiger partial charge in [-0.2, -0.15) is 5.10 Å². The van der Waals surface area contributed by atoms with Crippen LogP contribution < -0.4 is 14.8 Å². The van der Waals surface area contributed by atoms with Gasteiger partial charge >= 0.3 is 0 Å². The Morgan fingerprint density at radius 1 is 1.17 bits per heavy atom. The van der Waals surface area contributed by atoms with Gasteiger partial charge in [-0.25, -0.2) is 4.39 Å². The molecule has 0 fully saturated rings. The van der Waals surface area contributed by atoms with E-state index < -0.39 is 0 Å². The summed E-state index contributed by atoms with van der Waals surface area (Å²) in [6.45, 7) is 1.17. The first-order valence-electron chi connectivity index (χ1n) is 9.36. The van der Waals surface area contributed by atoms with Gasteiger partial charge in [-0.1, -0.05) is 0 Å². The van der Waals surface area contributed by atoms with E-state index in [1.54, 1.807) is 23.3 Å². The van der Waals surface area contributed by atoms with E-state index in [9.17, 15) is 4.39 Å². The van der Waals surface area contributed by atoms with Crippen LogP contribution in [0.15, 0.2) is 36.8 Å². The quantitative estimate of drug-likeness (QED) is 0.537. The topological polar surface area (TPSA) is 78.5 Å². The zero-order valence-electron chi connectivity index (χ0n) is 15.6. The number of aryl methyl sites for hydroxylation is 1. The lowest BCUT2D eigenvalue weighted by atomic mass is 9.96. The third kappa shape index (κ3) is 2.33. The maximum Gasteiger partial charge on any atom is 0.171 e. The number of nitrogens with one attached hydrogen (secondary N) is 1. The molecule has 0 bridgehead atoms. The van der Waals surface area contributed by atoms with E-state index in [0.717, 1.165) is 22.6 Å². The van der Waals surface area contributed by atoms with Crippen LogP contribution in [0, 0.1) is 5.82 Å². The Bertz CT molecular complexity index is 1260. The predicted molar refractivity (Wildman–Crippen MR) is 103 cm³/mol. The number of ether oxygens (including phenoxy) is 2. The Balaban J connectivity index is 1.54. The van der Waals surface area contributed by atoms with Crippen molar-refractivity contribution in [2.45, 2.75) is 12.5 Å². The fraction of sp³-hybridized carbons (Fsp3) is 0.250. The van der Waals surface area contributed by atoms with E-state index in [1.165, 1.54) is 6.07 Å². The summed E-state index contributed by atoms with van der Waals surface area (Å²) in [5, 5.41) is 16.0.